The zero-order chi connectivity index (χ0) is 15.6. The summed E-state index contributed by atoms with van der Waals surface area (Å²) in [4.78, 5) is -0.0993. The average Bonchev–Trinajstić information content (AvgIpc) is 2.44. The van der Waals surface area contributed by atoms with Crippen LogP contribution in [0.3, 0.4) is 0 Å². The van der Waals surface area contributed by atoms with Gasteiger partial charge in [0.15, 0.2) is 0 Å². The van der Waals surface area contributed by atoms with E-state index in [-0.39, 0.29) is 15.9 Å². The normalized spacial score (nSPS) is 11.9. The van der Waals surface area contributed by atoms with Crippen molar-refractivity contribution in [3.05, 3.63) is 63.3 Å². The van der Waals surface area contributed by atoms with Crippen LogP contribution in [0.4, 0.5) is 4.39 Å². The molecule has 0 bridgehead atoms. The summed E-state index contributed by atoms with van der Waals surface area (Å²) >= 11 is 9.02. The minimum Gasteiger partial charge on any atom is -0.207 e. The third-order valence-corrected chi connectivity index (χ3v) is 5.76. The van der Waals surface area contributed by atoms with Crippen LogP contribution in [0.2, 0.25) is 5.02 Å². The number of benzene rings is 2. The van der Waals surface area contributed by atoms with Gasteiger partial charge < -0.3 is 0 Å². The highest BCUT2D eigenvalue weighted by molar-refractivity contribution is 9.10. The molecule has 0 atom stereocenters. The molecule has 0 aromatic heterocycles. The summed E-state index contributed by atoms with van der Waals surface area (Å²) < 4.78 is 39.7. The first kappa shape index (κ1) is 16.4. The Kier molecular flexibility index (Phi) is 5.03. The molecule has 0 fully saturated rings. The Balaban J connectivity index is 2.30. The van der Waals surface area contributed by atoms with Crippen LogP contribution in [0.25, 0.3) is 0 Å². The summed E-state index contributed by atoms with van der Waals surface area (Å²) in [6, 6.07) is 10.7. The molecule has 112 valence electrons. The molecule has 0 spiro atoms. The topological polar surface area (TPSA) is 37.4 Å². The Labute approximate surface area is 136 Å². The molecule has 0 saturated carbocycles. The Morgan fingerprint density at radius 2 is 1.90 bits per heavy atom. The predicted octanol–water partition coefficient (Wildman–Crippen LogP) is 4.06. The molecule has 7 heteroatoms. The van der Waals surface area contributed by atoms with E-state index in [1.807, 2.05) is 0 Å². The standard InChI is InChI=1S/C14H12BrClFNO2S/c1-18(9-10-4-2-3-5-13(10)16)21(19,20)11-6-7-12(15)14(17)8-11/h2-8H,9H2,1H3. The smallest absolute Gasteiger partial charge is 0.207 e. The average molecular weight is 393 g/mol. The summed E-state index contributed by atoms with van der Waals surface area (Å²) in [6.45, 7) is 0.111. The second kappa shape index (κ2) is 6.44. The first-order valence-corrected chi connectivity index (χ1v) is 8.58. The molecule has 0 aliphatic rings. The fourth-order valence-electron chi connectivity index (χ4n) is 1.77. The van der Waals surface area contributed by atoms with E-state index in [4.69, 9.17) is 11.6 Å². The number of hydrogen-bond donors (Lipinski definition) is 0. The maximum atomic E-state index is 13.5. The minimum atomic E-state index is -3.78. The van der Waals surface area contributed by atoms with Gasteiger partial charge in [0.05, 0.1) is 9.37 Å². The molecule has 2 rings (SSSR count). The van der Waals surface area contributed by atoms with E-state index in [0.717, 1.165) is 10.4 Å². The van der Waals surface area contributed by atoms with E-state index < -0.39 is 15.8 Å². The highest BCUT2D eigenvalue weighted by Crippen LogP contribution is 2.24. The molecule has 0 heterocycles. The lowest BCUT2D eigenvalue weighted by Gasteiger charge is -2.18. The van der Waals surface area contributed by atoms with E-state index in [1.165, 1.54) is 19.2 Å². The molecule has 0 aliphatic carbocycles. The molecule has 2 aromatic carbocycles. The second-order valence-electron chi connectivity index (χ2n) is 4.43. The second-order valence-corrected chi connectivity index (χ2v) is 7.73. The van der Waals surface area contributed by atoms with Crippen molar-refractivity contribution in [2.75, 3.05) is 7.05 Å². The predicted molar refractivity (Wildman–Crippen MR) is 84.2 cm³/mol. The van der Waals surface area contributed by atoms with Crippen LogP contribution in [0.15, 0.2) is 51.8 Å². The van der Waals surface area contributed by atoms with E-state index in [2.05, 4.69) is 15.9 Å². The summed E-state index contributed by atoms with van der Waals surface area (Å²) in [5, 5.41) is 0.488. The Bertz CT molecular complexity index is 767. The zero-order valence-corrected chi connectivity index (χ0v) is 14.2. The molecule has 0 saturated heterocycles. The molecule has 21 heavy (non-hydrogen) atoms. The molecule has 0 N–H and O–H groups in total. The van der Waals surface area contributed by atoms with Gasteiger partial charge in [0.2, 0.25) is 10.0 Å². The lowest BCUT2D eigenvalue weighted by Crippen LogP contribution is -2.26. The first-order valence-electron chi connectivity index (χ1n) is 5.97. The highest BCUT2D eigenvalue weighted by atomic mass is 79.9. The minimum absolute atomic E-state index is 0.0993. The number of hydrogen-bond acceptors (Lipinski definition) is 2. The molecule has 3 nitrogen and oxygen atoms in total. The Morgan fingerprint density at radius 1 is 1.24 bits per heavy atom. The van der Waals surface area contributed by atoms with Crippen LogP contribution in [0, 0.1) is 5.82 Å². The van der Waals surface area contributed by atoms with E-state index in [0.29, 0.717) is 10.6 Å². The lowest BCUT2D eigenvalue weighted by atomic mass is 10.2. The van der Waals surface area contributed by atoms with Crippen LogP contribution in [0.5, 0.6) is 0 Å². The maximum absolute atomic E-state index is 13.5. The lowest BCUT2D eigenvalue weighted by molar-refractivity contribution is 0.466. The molecule has 0 radical (unpaired) electrons. The summed E-state index contributed by atoms with van der Waals surface area (Å²) in [5.74, 6) is -0.623. The van der Waals surface area contributed by atoms with Gasteiger partial charge in [-0.1, -0.05) is 29.8 Å². The largest absolute Gasteiger partial charge is 0.243 e. The highest BCUT2D eigenvalue weighted by Gasteiger charge is 2.22. The van der Waals surface area contributed by atoms with Crippen LogP contribution < -0.4 is 0 Å². The molecule has 2 aromatic rings. The number of nitrogens with zero attached hydrogens (tertiary/aromatic N) is 1. The summed E-state index contributed by atoms with van der Waals surface area (Å²) in [7, 11) is -2.35. The van der Waals surface area contributed by atoms with Crippen molar-refractivity contribution in [2.45, 2.75) is 11.4 Å². The van der Waals surface area contributed by atoms with Gasteiger partial charge in [-0.15, -0.1) is 0 Å². The van der Waals surface area contributed by atoms with Crippen molar-refractivity contribution in [3.63, 3.8) is 0 Å². The number of rotatable bonds is 4. The van der Waals surface area contributed by atoms with Gasteiger partial charge in [-0.3, -0.25) is 0 Å². The van der Waals surface area contributed by atoms with Crippen molar-refractivity contribution in [1.29, 1.82) is 0 Å². The molecule has 0 aliphatic heterocycles. The van der Waals surface area contributed by atoms with Crippen molar-refractivity contribution in [1.82, 2.24) is 4.31 Å². The van der Waals surface area contributed by atoms with Gasteiger partial charge in [0.25, 0.3) is 0 Å². The third kappa shape index (κ3) is 3.63. The molecule has 0 amide bonds. The Morgan fingerprint density at radius 3 is 2.52 bits per heavy atom. The fourth-order valence-corrected chi connectivity index (χ4v) is 3.37. The van der Waals surface area contributed by atoms with E-state index in [1.54, 1.807) is 24.3 Å². The first-order chi connectivity index (χ1) is 9.82. The SMILES string of the molecule is CN(Cc1ccccc1Cl)S(=O)(=O)c1ccc(Br)c(F)c1. The quantitative estimate of drug-likeness (QED) is 0.787. The van der Waals surface area contributed by atoms with Crippen molar-refractivity contribution in [3.8, 4) is 0 Å². The van der Waals surface area contributed by atoms with Crippen LogP contribution in [0.1, 0.15) is 5.56 Å². The monoisotopic (exact) mass is 391 g/mol. The number of sulfonamides is 1. The van der Waals surface area contributed by atoms with E-state index in [9.17, 15) is 12.8 Å². The van der Waals surface area contributed by atoms with Gasteiger partial charge >= 0.3 is 0 Å². The van der Waals surface area contributed by atoms with Gasteiger partial charge in [0.1, 0.15) is 5.82 Å². The fraction of sp³-hybridized carbons (Fsp3) is 0.143. The van der Waals surface area contributed by atoms with Crippen molar-refractivity contribution >= 4 is 37.6 Å². The summed E-state index contributed by atoms with van der Waals surface area (Å²) in [5.41, 5.74) is 0.683. The van der Waals surface area contributed by atoms with Crippen molar-refractivity contribution < 1.29 is 12.8 Å². The molecular weight excluding hydrogens is 381 g/mol. The third-order valence-electron chi connectivity index (χ3n) is 2.95. The van der Waals surface area contributed by atoms with Crippen molar-refractivity contribution in [2.24, 2.45) is 0 Å². The van der Waals surface area contributed by atoms with Crippen LogP contribution in [-0.4, -0.2) is 19.8 Å². The van der Waals surface area contributed by atoms with Gasteiger partial charge in [-0.2, -0.15) is 4.31 Å². The zero-order valence-electron chi connectivity index (χ0n) is 11.1. The Hall–Kier alpha value is -0.950. The number of halogens is 3. The van der Waals surface area contributed by atoms with Gasteiger partial charge in [0, 0.05) is 18.6 Å². The van der Waals surface area contributed by atoms with Crippen LogP contribution >= 0.6 is 27.5 Å². The molecular formula is C14H12BrClFNO2S. The summed E-state index contributed by atoms with van der Waals surface area (Å²) in [6.07, 6.45) is 0. The molecule has 0 unspecified atom stereocenters. The van der Waals surface area contributed by atoms with Crippen LogP contribution in [-0.2, 0) is 16.6 Å². The van der Waals surface area contributed by atoms with Gasteiger partial charge in [-0.25, -0.2) is 12.8 Å². The maximum Gasteiger partial charge on any atom is 0.243 e. The van der Waals surface area contributed by atoms with E-state index >= 15 is 0 Å². The van der Waals surface area contributed by atoms with Gasteiger partial charge in [-0.05, 0) is 45.8 Å².